The van der Waals surface area contributed by atoms with E-state index in [-0.39, 0.29) is 5.38 Å². The fraction of sp³-hybridized carbons (Fsp3) is 1.00. The molecule has 0 bridgehead atoms. The van der Waals surface area contributed by atoms with Crippen LogP contribution in [0.15, 0.2) is 0 Å². The van der Waals surface area contributed by atoms with Crippen molar-refractivity contribution in [2.45, 2.75) is 29.5 Å². The number of rotatable bonds is 5. The first-order chi connectivity index (χ1) is 4.68. The van der Waals surface area contributed by atoms with E-state index in [0.29, 0.717) is 5.88 Å². The molecule has 0 aromatic rings. The standard InChI is InChI=1S/C6H10Cl4/c7-4-2-1-3-5(8)6(9)10/h5-6H,1-4H2. The average Bonchev–Trinajstić information content (AvgIpc) is 1.88. The van der Waals surface area contributed by atoms with Crippen LogP contribution in [0.3, 0.4) is 0 Å². The Morgan fingerprint density at radius 2 is 1.60 bits per heavy atom. The highest BCUT2D eigenvalue weighted by atomic mass is 35.5. The molecule has 0 radical (unpaired) electrons. The summed E-state index contributed by atoms with van der Waals surface area (Å²) >= 11 is 22.2. The summed E-state index contributed by atoms with van der Waals surface area (Å²) in [6, 6.07) is 0. The number of unbranched alkanes of at least 4 members (excludes halogenated alkanes) is 1. The van der Waals surface area contributed by atoms with E-state index in [4.69, 9.17) is 46.4 Å². The SMILES string of the molecule is ClCCCCC(Cl)C(Cl)Cl. The van der Waals surface area contributed by atoms with Gasteiger partial charge in [0.25, 0.3) is 0 Å². The third-order valence-corrected chi connectivity index (χ3v) is 2.74. The Bertz CT molecular complexity index is 74.1. The Labute approximate surface area is 81.8 Å². The van der Waals surface area contributed by atoms with Crippen LogP contribution in [-0.2, 0) is 0 Å². The topological polar surface area (TPSA) is 0 Å². The molecule has 1 unspecified atom stereocenters. The van der Waals surface area contributed by atoms with Gasteiger partial charge in [0.1, 0.15) is 4.84 Å². The van der Waals surface area contributed by atoms with Gasteiger partial charge in [-0.1, -0.05) is 6.42 Å². The highest BCUT2D eigenvalue weighted by molar-refractivity contribution is 6.48. The van der Waals surface area contributed by atoms with E-state index in [2.05, 4.69) is 0 Å². The number of alkyl halides is 4. The van der Waals surface area contributed by atoms with Gasteiger partial charge in [-0.15, -0.1) is 46.4 Å². The van der Waals surface area contributed by atoms with Crippen molar-refractivity contribution in [1.82, 2.24) is 0 Å². The van der Waals surface area contributed by atoms with E-state index >= 15 is 0 Å². The molecule has 0 rings (SSSR count). The monoisotopic (exact) mass is 222 g/mol. The summed E-state index contributed by atoms with van der Waals surface area (Å²) in [5, 5.41) is -0.133. The maximum absolute atomic E-state index is 5.74. The Hall–Kier alpha value is 1.16. The molecule has 4 heteroatoms. The smallest absolute Gasteiger partial charge is 0.124 e. The second-order valence-electron chi connectivity index (χ2n) is 2.04. The second-order valence-corrected chi connectivity index (χ2v) is 4.14. The molecule has 0 fully saturated rings. The van der Waals surface area contributed by atoms with Crippen molar-refractivity contribution in [3.8, 4) is 0 Å². The molecule has 0 N–H and O–H groups in total. The van der Waals surface area contributed by atoms with Gasteiger partial charge in [0.2, 0.25) is 0 Å². The van der Waals surface area contributed by atoms with Gasteiger partial charge in [-0.3, -0.25) is 0 Å². The van der Waals surface area contributed by atoms with Gasteiger partial charge in [0.05, 0.1) is 5.38 Å². The lowest BCUT2D eigenvalue weighted by Gasteiger charge is -2.07. The van der Waals surface area contributed by atoms with Crippen molar-refractivity contribution < 1.29 is 0 Å². The lowest BCUT2D eigenvalue weighted by atomic mass is 10.2. The summed E-state index contributed by atoms with van der Waals surface area (Å²) in [7, 11) is 0. The molecule has 0 aromatic carbocycles. The van der Waals surface area contributed by atoms with Crippen LogP contribution in [0.1, 0.15) is 19.3 Å². The van der Waals surface area contributed by atoms with Gasteiger partial charge in [0, 0.05) is 5.88 Å². The Kier molecular flexibility index (Phi) is 7.64. The van der Waals surface area contributed by atoms with Gasteiger partial charge >= 0.3 is 0 Å². The van der Waals surface area contributed by atoms with E-state index in [1.165, 1.54) is 0 Å². The van der Waals surface area contributed by atoms with E-state index in [1.807, 2.05) is 0 Å². The number of halogens is 4. The molecule has 0 aliphatic carbocycles. The summed E-state index contributed by atoms with van der Waals surface area (Å²) in [5.41, 5.74) is 0. The van der Waals surface area contributed by atoms with Crippen molar-refractivity contribution >= 4 is 46.4 Å². The number of hydrogen-bond acceptors (Lipinski definition) is 0. The van der Waals surface area contributed by atoms with Crippen LogP contribution in [0.2, 0.25) is 0 Å². The van der Waals surface area contributed by atoms with Crippen molar-refractivity contribution in [3.05, 3.63) is 0 Å². The molecule has 1 atom stereocenters. The van der Waals surface area contributed by atoms with E-state index in [1.54, 1.807) is 0 Å². The summed E-state index contributed by atoms with van der Waals surface area (Å²) in [6.45, 7) is 0. The maximum Gasteiger partial charge on any atom is 0.124 e. The number of hydrogen-bond donors (Lipinski definition) is 0. The predicted molar refractivity (Wildman–Crippen MR) is 49.7 cm³/mol. The minimum absolute atomic E-state index is 0.133. The zero-order valence-electron chi connectivity index (χ0n) is 5.49. The highest BCUT2D eigenvalue weighted by Crippen LogP contribution is 2.19. The lowest BCUT2D eigenvalue weighted by molar-refractivity contribution is 0.701. The fourth-order valence-corrected chi connectivity index (χ4v) is 1.16. The molecule has 0 saturated heterocycles. The maximum atomic E-state index is 5.74. The van der Waals surface area contributed by atoms with Crippen molar-refractivity contribution in [3.63, 3.8) is 0 Å². The molecule has 0 heterocycles. The Morgan fingerprint density at radius 3 is 2.00 bits per heavy atom. The zero-order valence-corrected chi connectivity index (χ0v) is 8.52. The molecule has 10 heavy (non-hydrogen) atoms. The van der Waals surface area contributed by atoms with E-state index < -0.39 is 4.84 Å². The largest absolute Gasteiger partial charge is 0.127 e. The van der Waals surface area contributed by atoms with Gasteiger partial charge in [-0.25, -0.2) is 0 Å². The molecule has 0 amide bonds. The van der Waals surface area contributed by atoms with E-state index in [9.17, 15) is 0 Å². The van der Waals surface area contributed by atoms with Crippen LogP contribution in [0.25, 0.3) is 0 Å². The summed E-state index contributed by atoms with van der Waals surface area (Å²) in [4.78, 5) is -0.461. The zero-order chi connectivity index (χ0) is 7.98. The molecule has 0 saturated carbocycles. The first-order valence-electron chi connectivity index (χ1n) is 3.16. The second kappa shape index (κ2) is 6.84. The third kappa shape index (κ3) is 5.91. The molecule has 62 valence electrons. The van der Waals surface area contributed by atoms with Gasteiger partial charge in [0.15, 0.2) is 0 Å². The Morgan fingerprint density at radius 1 is 1.00 bits per heavy atom. The van der Waals surface area contributed by atoms with Crippen molar-refractivity contribution in [1.29, 1.82) is 0 Å². The molecular weight excluding hydrogens is 214 g/mol. The molecule has 0 aliphatic rings. The normalized spacial score (nSPS) is 14.1. The molecular formula is C6H10Cl4. The average molecular weight is 224 g/mol. The van der Waals surface area contributed by atoms with Crippen LogP contribution in [0.5, 0.6) is 0 Å². The molecule has 0 aliphatic heterocycles. The van der Waals surface area contributed by atoms with E-state index in [0.717, 1.165) is 19.3 Å². The summed E-state index contributed by atoms with van der Waals surface area (Å²) in [6.07, 6.45) is 2.81. The summed E-state index contributed by atoms with van der Waals surface area (Å²) in [5.74, 6) is 0.679. The van der Waals surface area contributed by atoms with Gasteiger partial charge in [-0.2, -0.15) is 0 Å². The highest BCUT2D eigenvalue weighted by Gasteiger charge is 2.11. The van der Waals surface area contributed by atoms with Crippen LogP contribution in [0.4, 0.5) is 0 Å². The first kappa shape index (κ1) is 11.2. The quantitative estimate of drug-likeness (QED) is 0.492. The molecule has 0 nitrogen and oxygen atoms in total. The first-order valence-corrected chi connectivity index (χ1v) is 5.01. The molecule has 0 aromatic heterocycles. The minimum atomic E-state index is -0.461. The predicted octanol–water partition coefficient (Wildman–Crippen LogP) is 3.81. The van der Waals surface area contributed by atoms with Gasteiger partial charge in [-0.05, 0) is 12.8 Å². The minimum Gasteiger partial charge on any atom is -0.127 e. The van der Waals surface area contributed by atoms with Crippen molar-refractivity contribution in [2.24, 2.45) is 0 Å². The van der Waals surface area contributed by atoms with Crippen LogP contribution < -0.4 is 0 Å². The van der Waals surface area contributed by atoms with Crippen LogP contribution in [-0.4, -0.2) is 16.1 Å². The third-order valence-electron chi connectivity index (χ3n) is 1.14. The summed E-state index contributed by atoms with van der Waals surface area (Å²) < 4.78 is 0. The van der Waals surface area contributed by atoms with Gasteiger partial charge < -0.3 is 0 Å². The van der Waals surface area contributed by atoms with Crippen LogP contribution in [0, 0.1) is 0 Å². The van der Waals surface area contributed by atoms with Crippen molar-refractivity contribution in [2.75, 3.05) is 5.88 Å². The Balaban J connectivity index is 3.13. The molecule has 0 spiro atoms. The lowest BCUT2D eigenvalue weighted by Crippen LogP contribution is -2.07. The van der Waals surface area contributed by atoms with Crippen LogP contribution >= 0.6 is 46.4 Å². The fourth-order valence-electron chi connectivity index (χ4n) is 0.560.